The largest absolute Gasteiger partial charge is 0.392 e. The molecule has 1 amide bonds. The predicted octanol–water partition coefficient (Wildman–Crippen LogP) is 1.75. The van der Waals surface area contributed by atoms with Gasteiger partial charge in [0, 0.05) is 50.7 Å². The molecule has 128 valence electrons. The van der Waals surface area contributed by atoms with Gasteiger partial charge < -0.3 is 14.6 Å². The molecule has 5 nitrogen and oxygen atoms in total. The Morgan fingerprint density at radius 3 is 2.46 bits per heavy atom. The minimum absolute atomic E-state index is 0.148. The number of carbonyl (C=O) groups is 1. The van der Waals surface area contributed by atoms with Crippen LogP contribution < -0.4 is 0 Å². The summed E-state index contributed by atoms with van der Waals surface area (Å²) >= 11 is 0. The average Bonchev–Trinajstić information content (AvgIpc) is 3.08. The molecule has 1 aliphatic heterocycles. The number of hydrogen-bond acceptors (Lipinski definition) is 3. The average molecular weight is 331 g/mol. The standard InChI is InChI=1S/C18H22FN3O2/c1-14(23)13-20-8-10-22(11-9-20)18(24)15-4-5-17(16(19)12-15)21-6-2-3-7-21/h2-7,12,14,23H,8-11,13H2,1H3. The maximum absolute atomic E-state index is 14.3. The Kier molecular flexibility index (Phi) is 4.97. The highest BCUT2D eigenvalue weighted by Gasteiger charge is 2.23. The summed E-state index contributed by atoms with van der Waals surface area (Å²) < 4.78 is 16.0. The van der Waals surface area contributed by atoms with Crippen molar-refractivity contribution < 1.29 is 14.3 Å². The van der Waals surface area contributed by atoms with E-state index in [1.165, 1.54) is 6.07 Å². The molecule has 1 fully saturated rings. The molecule has 1 saturated heterocycles. The van der Waals surface area contributed by atoms with Gasteiger partial charge in [0.05, 0.1) is 11.8 Å². The lowest BCUT2D eigenvalue weighted by molar-refractivity contribution is 0.0553. The number of benzene rings is 1. The second kappa shape index (κ2) is 7.15. The van der Waals surface area contributed by atoms with E-state index >= 15 is 0 Å². The Hall–Kier alpha value is -2.18. The maximum atomic E-state index is 14.3. The van der Waals surface area contributed by atoms with Gasteiger partial charge in [-0.15, -0.1) is 0 Å². The SMILES string of the molecule is CC(O)CN1CCN(C(=O)c2ccc(-n3cccc3)c(F)c2)CC1. The van der Waals surface area contributed by atoms with E-state index in [-0.39, 0.29) is 12.0 Å². The number of piperazine rings is 1. The monoisotopic (exact) mass is 331 g/mol. The predicted molar refractivity (Wildman–Crippen MR) is 89.8 cm³/mol. The molecule has 2 heterocycles. The number of rotatable bonds is 4. The fourth-order valence-corrected chi connectivity index (χ4v) is 3.03. The molecular formula is C18H22FN3O2. The normalized spacial score (nSPS) is 17.0. The molecule has 24 heavy (non-hydrogen) atoms. The van der Waals surface area contributed by atoms with E-state index in [2.05, 4.69) is 4.90 Å². The van der Waals surface area contributed by atoms with Crippen LogP contribution in [0.3, 0.4) is 0 Å². The van der Waals surface area contributed by atoms with Gasteiger partial charge in [-0.1, -0.05) is 0 Å². The summed E-state index contributed by atoms with van der Waals surface area (Å²) in [6.07, 6.45) is 3.16. The van der Waals surface area contributed by atoms with Crippen molar-refractivity contribution in [2.45, 2.75) is 13.0 Å². The molecule has 6 heteroatoms. The van der Waals surface area contributed by atoms with Gasteiger partial charge in [0.2, 0.25) is 0 Å². The Labute approximate surface area is 140 Å². The van der Waals surface area contributed by atoms with Crippen molar-refractivity contribution in [3.8, 4) is 5.69 Å². The summed E-state index contributed by atoms with van der Waals surface area (Å²) in [5.41, 5.74) is 0.797. The van der Waals surface area contributed by atoms with Crippen LogP contribution in [0, 0.1) is 5.82 Å². The summed E-state index contributed by atoms with van der Waals surface area (Å²) in [6, 6.07) is 8.26. The number of nitrogens with zero attached hydrogens (tertiary/aromatic N) is 3. The van der Waals surface area contributed by atoms with E-state index in [1.54, 1.807) is 40.9 Å². The molecule has 1 unspecified atom stereocenters. The lowest BCUT2D eigenvalue weighted by Crippen LogP contribution is -2.50. The fraction of sp³-hybridized carbons (Fsp3) is 0.389. The number of amides is 1. The molecule has 1 N–H and O–H groups in total. The van der Waals surface area contributed by atoms with Crippen molar-refractivity contribution in [3.05, 3.63) is 54.1 Å². The van der Waals surface area contributed by atoms with E-state index in [9.17, 15) is 14.3 Å². The molecule has 2 aromatic rings. The first-order chi connectivity index (χ1) is 11.5. The Bertz CT molecular complexity index is 692. The first-order valence-electron chi connectivity index (χ1n) is 8.17. The minimum atomic E-state index is -0.412. The zero-order chi connectivity index (χ0) is 17.1. The van der Waals surface area contributed by atoms with Crippen LogP contribution in [0.5, 0.6) is 0 Å². The molecule has 0 radical (unpaired) electrons. The smallest absolute Gasteiger partial charge is 0.254 e. The maximum Gasteiger partial charge on any atom is 0.254 e. The summed E-state index contributed by atoms with van der Waals surface area (Å²) in [5.74, 6) is -0.561. The molecule has 1 aromatic carbocycles. The van der Waals surface area contributed by atoms with Crippen LogP contribution in [0.4, 0.5) is 4.39 Å². The highest BCUT2D eigenvalue weighted by atomic mass is 19.1. The molecule has 1 aromatic heterocycles. The summed E-state index contributed by atoms with van der Waals surface area (Å²) in [4.78, 5) is 16.4. The zero-order valence-electron chi connectivity index (χ0n) is 13.7. The van der Waals surface area contributed by atoms with Crippen molar-refractivity contribution >= 4 is 5.91 Å². The van der Waals surface area contributed by atoms with Gasteiger partial charge >= 0.3 is 0 Å². The molecular weight excluding hydrogens is 309 g/mol. The van der Waals surface area contributed by atoms with Crippen LogP contribution in [0.1, 0.15) is 17.3 Å². The first kappa shape index (κ1) is 16.7. The molecule has 0 spiro atoms. The minimum Gasteiger partial charge on any atom is -0.392 e. The van der Waals surface area contributed by atoms with E-state index in [4.69, 9.17) is 0 Å². The summed E-state index contributed by atoms with van der Waals surface area (Å²) in [5, 5.41) is 9.43. The molecule has 0 aliphatic carbocycles. The summed E-state index contributed by atoms with van der Waals surface area (Å²) in [6.45, 7) is 5.00. The molecule has 1 aliphatic rings. The zero-order valence-corrected chi connectivity index (χ0v) is 13.7. The molecule has 3 rings (SSSR count). The van der Waals surface area contributed by atoms with Crippen LogP contribution >= 0.6 is 0 Å². The Balaban J connectivity index is 1.67. The van der Waals surface area contributed by atoms with Crippen molar-refractivity contribution in [1.29, 1.82) is 0 Å². The number of hydrogen-bond donors (Lipinski definition) is 1. The molecule has 0 bridgehead atoms. The number of aliphatic hydroxyl groups excluding tert-OH is 1. The fourth-order valence-electron chi connectivity index (χ4n) is 3.03. The van der Waals surface area contributed by atoms with Gasteiger partial charge in [-0.2, -0.15) is 0 Å². The van der Waals surface area contributed by atoms with Crippen LogP contribution in [0.25, 0.3) is 5.69 Å². The third-order valence-electron chi connectivity index (χ3n) is 4.26. The summed E-state index contributed by atoms with van der Waals surface area (Å²) in [7, 11) is 0. The van der Waals surface area contributed by atoms with Crippen LogP contribution in [-0.2, 0) is 0 Å². The van der Waals surface area contributed by atoms with Gasteiger partial charge in [-0.3, -0.25) is 9.69 Å². The lowest BCUT2D eigenvalue weighted by atomic mass is 10.1. The van der Waals surface area contributed by atoms with Crippen molar-refractivity contribution in [2.24, 2.45) is 0 Å². The van der Waals surface area contributed by atoms with E-state index in [0.717, 1.165) is 13.1 Å². The number of β-amino-alcohol motifs (C(OH)–C–C–N with tert-alkyl or cyclic N) is 1. The van der Waals surface area contributed by atoms with E-state index in [1.807, 2.05) is 12.1 Å². The van der Waals surface area contributed by atoms with Gasteiger partial charge in [0.15, 0.2) is 0 Å². The van der Waals surface area contributed by atoms with Gasteiger partial charge in [0.1, 0.15) is 5.82 Å². The number of aliphatic hydroxyl groups is 1. The lowest BCUT2D eigenvalue weighted by Gasteiger charge is -2.35. The third kappa shape index (κ3) is 3.66. The number of halogens is 1. The first-order valence-corrected chi connectivity index (χ1v) is 8.17. The van der Waals surface area contributed by atoms with Crippen LogP contribution in [0.15, 0.2) is 42.7 Å². The van der Waals surface area contributed by atoms with Gasteiger partial charge in [0.25, 0.3) is 5.91 Å². The van der Waals surface area contributed by atoms with Crippen molar-refractivity contribution in [3.63, 3.8) is 0 Å². The van der Waals surface area contributed by atoms with Crippen LogP contribution in [-0.4, -0.2) is 64.2 Å². The quantitative estimate of drug-likeness (QED) is 0.929. The second-order valence-corrected chi connectivity index (χ2v) is 6.20. The van der Waals surface area contributed by atoms with Gasteiger partial charge in [-0.05, 0) is 37.3 Å². The Morgan fingerprint density at radius 1 is 1.21 bits per heavy atom. The number of aromatic nitrogens is 1. The van der Waals surface area contributed by atoms with E-state index < -0.39 is 5.82 Å². The second-order valence-electron chi connectivity index (χ2n) is 6.20. The topological polar surface area (TPSA) is 48.7 Å². The highest BCUT2D eigenvalue weighted by Crippen LogP contribution is 2.17. The number of carbonyl (C=O) groups excluding carboxylic acids is 1. The third-order valence-corrected chi connectivity index (χ3v) is 4.26. The molecule has 1 atom stereocenters. The van der Waals surface area contributed by atoms with E-state index in [0.29, 0.717) is 30.9 Å². The Morgan fingerprint density at radius 2 is 1.88 bits per heavy atom. The van der Waals surface area contributed by atoms with Crippen LogP contribution in [0.2, 0.25) is 0 Å². The van der Waals surface area contributed by atoms with Crippen molar-refractivity contribution in [2.75, 3.05) is 32.7 Å². The van der Waals surface area contributed by atoms with Crippen molar-refractivity contribution in [1.82, 2.24) is 14.4 Å². The highest BCUT2D eigenvalue weighted by molar-refractivity contribution is 5.94. The van der Waals surface area contributed by atoms with Gasteiger partial charge in [-0.25, -0.2) is 4.39 Å². The molecule has 0 saturated carbocycles.